The minimum absolute atomic E-state index is 0.0771. The predicted octanol–water partition coefficient (Wildman–Crippen LogP) is 5.90. The normalized spacial score (nSPS) is 11.7. The number of hydrogen-bond donors (Lipinski definition) is 1. The van der Waals surface area contributed by atoms with Crippen LogP contribution < -0.4 is 10.1 Å². The minimum atomic E-state index is -0.425. The van der Waals surface area contributed by atoms with Crippen LogP contribution in [0.15, 0.2) is 42.5 Å². The second-order valence-electron chi connectivity index (χ2n) is 9.81. The highest BCUT2D eigenvalue weighted by atomic mass is 16.5. The van der Waals surface area contributed by atoms with Crippen LogP contribution in [0.4, 0.5) is 5.69 Å². The van der Waals surface area contributed by atoms with Gasteiger partial charge in [0.25, 0.3) is 0 Å². The van der Waals surface area contributed by atoms with Crippen molar-refractivity contribution in [3.63, 3.8) is 0 Å². The van der Waals surface area contributed by atoms with Gasteiger partial charge in [0.15, 0.2) is 0 Å². The quantitative estimate of drug-likeness (QED) is 0.535. The number of aryl methyl sites for hydroxylation is 1. The van der Waals surface area contributed by atoms with Crippen molar-refractivity contribution in [2.24, 2.45) is 5.41 Å². The standard InChI is InChI=1S/C26H35NO4/c1-18-8-11-20(16-22(18)24(29)30-7)27-23(28)14-15-31-21-12-9-19(10-13-21)26(5,6)17-25(2,3)4/h8-13,16H,14-15,17H2,1-7H3,(H,27,28). The highest BCUT2D eigenvalue weighted by Crippen LogP contribution is 2.36. The van der Waals surface area contributed by atoms with E-state index in [-0.39, 0.29) is 29.8 Å². The van der Waals surface area contributed by atoms with Crippen molar-refractivity contribution < 1.29 is 19.1 Å². The van der Waals surface area contributed by atoms with Gasteiger partial charge in [0, 0.05) is 5.69 Å². The van der Waals surface area contributed by atoms with E-state index < -0.39 is 5.97 Å². The number of nitrogens with one attached hydrogen (secondary N) is 1. The van der Waals surface area contributed by atoms with Gasteiger partial charge in [-0.2, -0.15) is 0 Å². The smallest absolute Gasteiger partial charge is 0.338 e. The summed E-state index contributed by atoms with van der Waals surface area (Å²) in [6.07, 6.45) is 1.29. The summed E-state index contributed by atoms with van der Waals surface area (Å²) in [6.45, 7) is 13.4. The van der Waals surface area contributed by atoms with Gasteiger partial charge in [-0.3, -0.25) is 4.79 Å². The Hall–Kier alpha value is -2.82. The van der Waals surface area contributed by atoms with Crippen molar-refractivity contribution in [2.45, 2.75) is 59.8 Å². The zero-order valence-electron chi connectivity index (χ0n) is 19.8. The third-order valence-corrected chi connectivity index (χ3v) is 5.13. The van der Waals surface area contributed by atoms with Crippen LogP contribution in [0, 0.1) is 12.3 Å². The van der Waals surface area contributed by atoms with Gasteiger partial charge in [-0.25, -0.2) is 4.79 Å². The van der Waals surface area contributed by atoms with Crippen LogP contribution in [0.25, 0.3) is 0 Å². The lowest BCUT2D eigenvalue weighted by Gasteiger charge is -2.33. The molecule has 0 fully saturated rings. The Morgan fingerprint density at radius 2 is 1.61 bits per heavy atom. The molecule has 0 heterocycles. The summed E-state index contributed by atoms with van der Waals surface area (Å²) in [7, 11) is 1.34. The molecular weight excluding hydrogens is 390 g/mol. The van der Waals surface area contributed by atoms with Gasteiger partial charge in [0.05, 0.1) is 25.7 Å². The average molecular weight is 426 g/mol. The van der Waals surface area contributed by atoms with Gasteiger partial charge in [-0.15, -0.1) is 0 Å². The molecule has 0 saturated heterocycles. The van der Waals surface area contributed by atoms with Crippen molar-refractivity contribution in [3.8, 4) is 5.75 Å². The first-order chi connectivity index (χ1) is 14.4. The van der Waals surface area contributed by atoms with E-state index in [1.54, 1.807) is 18.2 Å². The molecule has 0 saturated carbocycles. The van der Waals surface area contributed by atoms with Gasteiger partial charge in [0.2, 0.25) is 5.91 Å². The summed E-state index contributed by atoms with van der Waals surface area (Å²) >= 11 is 0. The number of carbonyl (C=O) groups excluding carboxylic acids is 2. The van der Waals surface area contributed by atoms with Crippen LogP contribution in [0.1, 0.15) is 68.9 Å². The fourth-order valence-corrected chi connectivity index (χ4v) is 3.94. The van der Waals surface area contributed by atoms with Crippen molar-refractivity contribution in [1.29, 1.82) is 0 Å². The Morgan fingerprint density at radius 1 is 0.968 bits per heavy atom. The maximum Gasteiger partial charge on any atom is 0.338 e. The van der Waals surface area contributed by atoms with E-state index in [1.165, 1.54) is 12.7 Å². The van der Waals surface area contributed by atoms with E-state index >= 15 is 0 Å². The number of benzene rings is 2. The highest BCUT2D eigenvalue weighted by Gasteiger charge is 2.27. The molecule has 0 spiro atoms. The maximum absolute atomic E-state index is 12.2. The van der Waals surface area contributed by atoms with E-state index in [0.717, 1.165) is 17.7 Å². The summed E-state index contributed by atoms with van der Waals surface area (Å²) in [5.74, 6) is 0.139. The molecule has 2 aromatic carbocycles. The fourth-order valence-electron chi connectivity index (χ4n) is 3.94. The number of rotatable bonds is 8. The molecule has 2 aromatic rings. The maximum atomic E-state index is 12.2. The van der Waals surface area contributed by atoms with Gasteiger partial charge < -0.3 is 14.8 Å². The molecule has 0 aliphatic carbocycles. The molecule has 1 N–H and O–H groups in total. The monoisotopic (exact) mass is 425 g/mol. The zero-order valence-corrected chi connectivity index (χ0v) is 19.8. The van der Waals surface area contributed by atoms with Crippen LogP contribution >= 0.6 is 0 Å². The highest BCUT2D eigenvalue weighted by molar-refractivity contribution is 5.95. The SMILES string of the molecule is COC(=O)c1cc(NC(=O)CCOc2ccc(C(C)(C)CC(C)(C)C)cc2)ccc1C. The lowest BCUT2D eigenvalue weighted by atomic mass is 9.72. The summed E-state index contributed by atoms with van der Waals surface area (Å²) in [5.41, 5.74) is 3.39. The van der Waals surface area contributed by atoms with Crippen molar-refractivity contribution in [2.75, 3.05) is 19.0 Å². The van der Waals surface area contributed by atoms with Crippen molar-refractivity contribution in [1.82, 2.24) is 0 Å². The number of esters is 1. The molecule has 0 bridgehead atoms. The van der Waals surface area contributed by atoms with Crippen molar-refractivity contribution >= 4 is 17.6 Å². The molecule has 5 nitrogen and oxygen atoms in total. The van der Waals surface area contributed by atoms with E-state index in [0.29, 0.717) is 11.3 Å². The first kappa shape index (κ1) is 24.4. The lowest BCUT2D eigenvalue weighted by molar-refractivity contribution is -0.116. The molecule has 5 heteroatoms. The Kier molecular flexibility index (Phi) is 7.88. The van der Waals surface area contributed by atoms with Crippen LogP contribution in [0.5, 0.6) is 5.75 Å². The molecule has 0 atom stereocenters. The van der Waals surface area contributed by atoms with E-state index in [1.807, 2.05) is 19.1 Å². The van der Waals surface area contributed by atoms with Crippen LogP contribution in [0.3, 0.4) is 0 Å². The van der Waals surface area contributed by atoms with Crippen LogP contribution in [0.2, 0.25) is 0 Å². The predicted molar refractivity (Wildman–Crippen MR) is 125 cm³/mol. The van der Waals surface area contributed by atoms with E-state index in [9.17, 15) is 9.59 Å². The average Bonchev–Trinajstić information content (AvgIpc) is 2.67. The molecular formula is C26H35NO4. The molecule has 31 heavy (non-hydrogen) atoms. The van der Waals surface area contributed by atoms with Gasteiger partial charge in [-0.1, -0.05) is 52.8 Å². The van der Waals surface area contributed by atoms with E-state index in [2.05, 4.69) is 52.1 Å². The zero-order chi connectivity index (χ0) is 23.2. The van der Waals surface area contributed by atoms with Gasteiger partial charge in [-0.05, 0) is 59.6 Å². The number of hydrogen-bond acceptors (Lipinski definition) is 4. The third kappa shape index (κ3) is 7.42. The molecule has 0 unspecified atom stereocenters. The first-order valence-corrected chi connectivity index (χ1v) is 10.6. The summed E-state index contributed by atoms with van der Waals surface area (Å²) in [5, 5.41) is 2.80. The van der Waals surface area contributed by atoms with Crippen LogP contribution in [-0.2, 0) is 14.9 Å². The van der Waals surface area contributed by atoms with Gasteiger partial charge >= 0.3 is 5.97 Å². The molecule has 2 rings (SSSR count). The van der Waals surface area contributed by atoms with Crippen molar-refractivity contribution in [3.05, 3.63) is 59.2 Å². The lowest BCUT2D eigenvalue weighted by Crippen LogP contribution is -2.24. The van der Waals surface area contributed by atoms with Gasteiger partial charge in [0.1, 0.15) is 5.75 Å². The molecule has 0 aliphatic heterocycles. The third-order valence-electron chi connectivity index (χ3n) is 5.13. The summed E-state index contributed by atoms with van der Waals surface area (Å²) in [6, 6.07) is 13.3. The second-order valence-corrected chi connectivity index (χ2v) is 9.81. The molecule has 168 valence electrons. The van der Waals surface area contributed by atoms with E-state index in [4.69, 9.17) is 9.47 Å². The molecule has 0 aliphatic rings. The number of ether oxygens (including phenoxy) is 2. The number of carbonyl (C=O) groups is 2. The fraction of sp³-hybridized carbons (Fsp3) is 0.462. The number of amides is 1. The topological polar surface area (TPSA) is 64.6 Å². The Bertz CT molecular complexity index is 908. The molecule has 0 aromatic heterocycles. The Balaban J connectivity index is 1.88. The largest absolute Gasteiger partial charge is 0.493 e. The van der Waals surface area contributed by atoms with Crippen LogP contribution in [-0.4, -0.2) is 25.6 Å². The summed E-state index contributed by atoms with van der Waals surface area (Å²) in [4.78, 5) is 24.0. The first-order valence-electron chi connectivity index (χ1n) is 10.6. The Morgan fingerprint density at radius 3 is 2.19 bits per heavy atom. The second kappa shape index (κ2) is 9.99. The minimum Gasteiger partial charge on any atom is -0.493 e. The molecule has 1 amide bonds. The summed E-state index contributed by atoms with van der Waals surface area (Å²) < 4.78 is 10.5. The number of methoxy groups -OCH3 is 1. The molecule has 0 radical (unpaired) electrons. The number of anilines is 1. The Labute approximate surface area is 186 Å².